The standard InChI is InChI=1S/C21H23N3O3S/c1-13-11-24(12-14(2)27-13)17-8-6-16(7-9-17)22-20(25)19-15(3)28-21(23-19)18-5-4-10-26-18/h4-10,13-14H,11-12H2,1-3H3,(H,22,25). The molecule has 0 saturated carbocycles. The first kappa shape index (κ1) is 18.7. The van der Waals surface area contributed by atoms with Gasteiger partial charge in [0.05, 0.1) is 18.5 Å². The fourth-order valence-corrected chi connectivity index (χ4v) is 4.33. The van der Waals surface area contributed by atoms with Crippen LogP contribution in [0.5, 0.6) is 0 Å². The van der Waals surface area contributed by atoms with E-state index in [-0.39, 0.29) is 18.1 Å². The van der Waals surface area contributed by atoms with Crippen molar-refractivity contribution in [2.24, 2.45) is 0 Å². The van der Waals surface area contributed by atoms with Crippen LogP contribution in [0.3, 0.4) is 0 Å². The van der Waals surface area contributed by atoms with E-state index < -0.39 is 0 Å². The summed E-state index contributed by atoms with van der Waals surface area (Å²) in [6, 6.07) is 11.6. The highest BCUT2D eigenvalue weighted by Crippen LogP contribution is 2.28. The van der Waals surface area contributed by atoms with Crippen LogP contribution in [0.15, 0.2) is 47.1 Å². The number of aryl methyl sites for hydroxylation is 1. The van der Waals surface area contributed by atoms with Gasteiger partial charge < -0.3 is 19.4 Å². The van der Waals surface area contributed by atoms with Crippen molar-refractivity contribution < 1.29 is 13.9 Å². The fourth-order valence-electron chi connectivity index (χ4n) is 3.45. The Kier molecular flexibility index (Phi) is 5.19. The number of nitrogens with one attached hydrogen (secondary N) is 1. The number of benzene rings is 1. The van der Waals surface area contributed by atoms with E-state index in [4.69, 9.17) is 9.15 Å². The molecular formula is C21H23N3O3S. The van der Waals surface area contributed by atoms with Gasteiger partial charge in [-0.15, -0.1) is 11.3 Å². The van der Waals surface area contributed by atoms with Crippen LogP contribution in [0.1, 0.15) is 29.2 Å². The molecule has 1 aliphatic rings. The van der Waals surface area contributed by atoms with Crippen molar-refractivity contribution in [3.63, 3.8) is 0 Å². The summed E-state index contributed by atoms with van der Waals surface area (Å²) < 4.78 is 11.2. The molecule has 1 fully saturated rings. The Morgan fingerprint density at radius 2 is 1.89 bits per heavy atom. The van der Waals surface area contributed by atoms with Crippen molar-refractivity contribution in [2.45, 2.75) is 33.0 Å². The van der Waals surface area contributed by atoms with Crippen LogP contribution in [-0.2, 0) is 4.74 Å². The highest BCUT2D eigenvalue weighted by molar-refractivity contribution is 7.15. The molecule has 6 nitrogen and oxygen atoms in total. The van der Waals surface area contributed by atoms with Gasteiger partial charge in [-0.1, -0.05) is 0 Å². The van der Waals surface area contributed by atoms with E-state index in [1.165, 1.54) is 11.3 Å². The second kappa shape index (κ2) is 7.77. The molecule has 1 N–H and O–H groups in total. The van der Waals surface area contributed by atoms with E-state index in [9.17, 15) is 4.79 Å². The minimum atomic E-state index is -0.215. The van der Waals surface area contributed by atoms with Gasteiger partial charge in [-0.25, -0.2) is 4.98 Å². The third-order valence-electron chi connectivity index (χ3n) is 4.65. The second-order valence-corrected chi connectivity index (χ2v) is 8.27. The molecule has 2 unspecified atom stereocenters. The molecule has 2 atom stereocenters. The van der Waals surface area contributed by atoms with Crippen LogP contribution < -0.4 is 10.2 Å². The van der Waals surface area contributed by atoms with E-state index >= 15 is 0 Å². The number of carbonyl (C=O) groups is 1. The molecule has 1 amide bonds. The molecule has 3 heterocycles. The highest BCUT2D eigenvalue weighted by Gasteiger charge is 2.22. The Hall–Kier alpha value is -2.64. The maximum Gasteiger partial charge on any atom is 0.275 e. The lowest BCUT2D eigenvalue weighted by Crippen LogP contribution is -2.45. The van der Waals surface area contributed by atoms with Gasteiger partial charge in [0.15, 0.2) is 10.8 Å². The lowest BCUT2D eigenvalue weighted by Gasteiger charge is -2.36. The summed E-state index contributed by atoms with van der Waals surface area (Å²) in [5.41, 5.74) is 2.30. The Morgan fingerprint density at radius 1 is 1.18 bits per heavy atom. The number of anilines is 2. The van der Waals surface area contributed by atoms with Crippen LogP contribution in [0.2, 0.25) is 0 Å². The van der Waals surface area contributed by atoms with Crippen molar-refractivity contribution >= 4 is 28.6 Å². The van der Waals surface area contributed by atoms with Crippen LogP contribution in [0.4, 0.5) is 11.4 Å². The third-order valence-corrected chi connectivity index (χ3v) is 5.64. The zero-order valence-electron chi connectivity index (χ0n) is 16.1. The number of ether oxygens (including phenoxy) is 1. The summed E-state index contributed by atoms with van der Waals surface area (Å²) in [4.78, 5) is 20.3. The number of morpholine rings is 1. The predicted octanol–water partition coefficient (Wildman–Crippen LogP) is 4.58. The number of amides is 1. The molecule has 1 aromatic carbocycles. The largest absolute Gasteiger partial charge is 0.462 e. The summed E-state index contributed by atoms with van der Waals surface area (Å²) in [5.74, 6) is 0.457. The average molecular weight is 398 g/mol. The predicted molar refractivity (Wildman–Crippen MR) is 111 cm³/mol. The minimum Gasteiger partial charge on any atom is -0.462 e. The third kappa shape index (κ3) is 3.95. The van der Waals surface area contributed by atoms with Crippen molar-refractivity contribution in [1.82, 2.24) is 4.98 Å². The Bertz CT molecular complexity index is 940. The monoisotopic (exact) mass is 397 g/mol. The maximum absolute atomic E-state index is 12.7. The van der Waals surface area contributed by atoms with Gasteiger partial charge in [0, 0.05) is 29.3 Å². The molecule has 146 valence electrons. The van der Waals surface area contributed by atoms with Gasteiger partial charge in [0.1, 0.15) is 5.69 Å². The number of hydrogen-bond acceptors (Lipinski definition) is 6. The van der Waals surface area contributed by atoms with Gasteiger partial charge in [0.2, 0.25) is 0 Å². The first-order valence-corrected chi connectivity index (χ1v) is 10.1. The summed E-state index contributed by atoms with van der Waals surface area (Å²) in [5, 5.41) is 3.64. The molecule has 0 spiro atoms. The lowest BCUT2D eigenvalue weighted by atomic mass is 10.2. The lowest BCUT2D eigenvalue weighted by molar-refractivity contribution is -0.00521. The quantitative estimate of drug-likeness (QED) is 0.698. The van der Waals surface area contributed by atoms with Gasteiger partial charge in [-0.05, 0) is 57.2 Å². The first-order chi connectivity index (χ1) is 13.5. The van der Waals surface area contributed by atoms with Crippen molar-refractivity contribution in [1.29, 1.82) is 0 Å². The van der Waals surface area contributed by atoms with Crippen LogP contribution in [0, 0.1) is 6.92 Å². The van der Waals surface area contributed by atoms with E-state index in [1.807, 2.05) is 43.3 Å². The Morgan fingerprint density at radius 3 is 2.54 bits per heavy atom. The molecule has 0 radical (unpaired) electrons. The molecule has 2 aromatic heterocycles. The molecule has 28 heavy (non-hydrogen) atoms. The molecule has 0 bridgehead atoms. The molecule has 7 heteroatoms. The molecule has 1 aliphatic heterocycles. The summed E-state index contributed by atoms with van der Waals surface area (Å²) in [7, 11) is 0. The van der Waals surface area contributed by atoms with Crippen molar-refractivity contribution in [2.75, 3.05) is 23.3 Å². The Labute approximate surface area is 168 Å². The zero-order valence-corrected chi connectivity index (χ0v) is 17.0. The molecular weight excluding hydrogens is 374 g/mol. The van der Waals surface area contributed by atoms with Gasteiger partial charge in [0.25, 0.3) is 5.91 Å². The number of aromatic nitrogens is 1. The SMILES string of the molecule is Cc1sc(-c2ccco2)nc1C(=O)Nc1ccc(N2CC(C)OC(C)C2)cc1. The van der Waals surface area contributed by atoms with Gasteiger partial charge in [-0.3, -0.25) is 4.79 Å². The molecule has 3 aromatic rings. The number of carbonyl (C=O) groups excluding carboxylic acids is 1. The van der Waals surface area contributed by atoms with Crippen LogP contribution in [-0.4, -0.2) is 36.2 Å². The van der Waals surface area contributed by atoms with Gasteiger partial charge >= 0.3 is 0 Å². The van der Waals surface area contributed by atoms with E-state index in [2.05, 4.69) is 29.0 Å². The number of thiazole rings is 1. The molecule has 1 saturated heterocycles. The topological polar surface area (TPSA) is 67.6 Å². The van der Waals surface area contributed by atoms with Crippen LogP contribution >= 0.6 is 11.3 Å². The summed E-state index contributed by atoms with van der Waals surface area (Å²) >= 11 is 1.45. The van der Waals surface area contributed by atoms with E-state index in [0.717, 1.165) is 29.3 Å². The van der Waals surface area contributed by atoms with E-state index in [1.54, 1.807) is 6.26 Å². The van der Waals surface area contributed by atoms with Crippen molar-refractivity contribution in [3.05, 3.63) is 53.2 Å². The average Bonchev–Trinajstić information content (AvgIpc) is 3.31. The maximum atomic E-state index is 12.7. The first-order valence-electron chi connectivity index (χ1n) is 9.32. The minimum absolute atomic E-state index is 0.208. The van der Waals surface area contributed by atoms with Crippen molar-refractivity contribution in [3.8, 4) is 10.8 Å². The zero-order chi connectivity index (χ0) is 19.7. The summed E-state index contributed by atoms with van der Waals surface area (Å²) in [6.45, 7) is 7.80. The fraction of sp³-hybridized carbons (Fsp3) is 0.333. The number of rotatable bonds is 4. The number of furan rings is 1. The number of nitrogens with zero attached hydrogens (tertiary/aromatic N) is 2. The van der Waals surface area contributed by atoms with E-state index in [0.29, 0.717) is 16.5 Å². The second-order valence-electron chi connectivity index (χ2n) is 7.06. The van der Waals surface area contributed by atoms with Gasteiger partial charge in [-0.2, -0.15) is 0 Å². The molecule has 4 rings (SSSR count). The normalized spacial score (nSPS) is 19.6. The molecule has 0 aliphatic carbocycles. The smallest absolute Gasteiger partial charge is 0.275 e. The summed E-state index contributed by atoms with van der Waals surface area (Å²) in [6.07, 6.45) is 2.02. The Balaban J connectivity index is 1.45. The highest BCUT2D eigenvalue weighted by atomic mass is 32.1. The number of hydrogen-bond donors (Lipinski definition) is 1. The van der Waals surface area contributed by atoms with Crippen LogP contribution in [0.25, 0.3) is 10.8 Å².